The van der Waals surface area contributed by atoms with E-state index in [1.807, 2.05) is 52.9 Å². The smallest absolute Gasteiger partial charge is 0.412 e. The summed E-state index contributed by atoms with van der Waals surface area (Å²) < 4.78 is 5.21. The second-order valence-corrected chi connectivity index (χ2v) is 5.30. The van der Waals surface area contributed by atoms with Gasteiger partial charge < -0.3 is 10.1 Å². The SMILES string of the molecule is CNCc1cc(NC(=O)OC(C)(C)C)ccc1C. The van der Waals surface area contributed by atoms with Crippen LogP contribution >= 0.6 is 0 Å². The average molecular weight is 250 g/mol. The molecule has 0 unspecified atom stereocenters. The number of nitrogens with one attached hydrogen (secondary N) is 2. The lowest BCUT2D eigenvalue weighted by Crippen LogP contribution is -2.27. The van der Waals surface area contributed by atoms with Gasteiger partial charge in [0.1, 0.15) is 5.60 Å². The molecule has 0 fully saturated rings. The Kier molecular flexibility index (Phi) is 4.73. The number of anilines is 1. The van der Waals surface area contributed by atoms with E-state index in [1.165, 1.54) is 5.56 Å². The molecule has 0 atom stereocenters. The molecule has 1 aromatic carbocycles. The molecule has 0 radical (unpaired) electrons. The second-order valence-electron chi connectivity index (χ2n) is 5.30. The summed E-state index contributed by atoms with van der Waals surface area (Å²) in [5, 5.41) is 5.84. The number of benzene rings is 1. The molecule has 2 N–H and O–H groups in total. The van der Waals surface area contributed by atoms with Gasteiger partial charge in [-0.1, -0.05) is 6.07 Å². The van der Waals surface area contributed by atoms with Crippen LogP contribution in [0.25, 0.3) is 0 Å². The Morgan fingerprint density at radius 2 is 2.00 bits per heavy atom. The quantitative estimate of drug-likeness (QED) is 0.866. The Hall–Kier alpha value is -1.55. The topological polar surface area (TPSA) is 50.4 Å². The molecular formula is C14H22N2O2. The molecule has 4 heteroatoms. The number of hydrogen-bond donors (Lipinski definition) is 2. The summed E-state index contributed by atoms with van der Waals surface area (Å²) in [4.78, 5) is 11.6. The zero-order valence-electron chi connectivity index (χ0n) is 11.8. The molecule has 1 aromatic rings. The van der Waals surface area contributed by atoms with E-state index in [2.05, 4.69) is 10.6 Å². The van der Waals surface area contributed by atoms with E-state index in [0.717, 1.165) is 17.8 Å². The fraction of sp³-hybridized carbons (Fsp3) is 0.500. The summed E-state index contributed by atoms with van der Waals surface area (Å²) in [6.07, 6.45) is -0.429. The van der Waals surface area contributed by atoms with Crippen molar-refractivity contribution in [3.63, 3.8) is 0 Å². The van der Waals surface area contributed by atoms with Gasteiger partial charge in [-0.3, -0.25) is 5.32 Å². The Morgan fingerprint density at radius 3 is 2.56 bits per heavy atom. The molecule has 0 bridgehead atoms. The van der Waals surface area contributed by atoms with Crippen molar-refractivity contribution in [2.75, 3.05) is 12.4 Å². The van der Waals surface area contributed by atoms with Crippen LogP contribution in [-0.4, -0.2) is 18.7 Å². The van der Waals surface area contributed by atoms with Crippen molar-refractivity contribution < 1.29 is 9.53 Å². The molecule has 0 aliphatic carbocycles. The fourth-order valence-electron chi connectivity index (χ4n) is 1.55. The average Bonchev–Trinajstić information content (AvgIpc) is 2.20. The minimum atomic E-state index is -0.484. The van der Waals surface area contributed by atoms with Gasteiger partial charge in [-0.25, -0.2) is 4.79 Å². The van der Waals surface area contributed by atoms with E-state index in [9.17, 15) is 4.79 Å². The fourth-order valence-corrected chi connectivity index (χ4v) is 1.55. The minimum absolute atomic E-state index is 0.429. The maximum Gasteiger partial charge on any atom is 0.412 e. The largest absolute Gasteiger partial charge is 0.444 e. The lowest BCUT2D eigenvalue weighted by atomic mass is 10.1. The van der Waals surface area contributed by atoms with Crippen LogP contribution in [-0.2, 0) is 11.3 Å². The van der Waals surface area contributed by atoms with Crippen molar-refractivity contribution in [2.45, 2.75) is 39.8 Å². The first kappa shape index (κ1) is 14.5. The first-order valence-corrected chi connectivity index (χ1v) is 6.06. The predicted octanol–water partition coefficient (Wildman–Crippen LogP) is 3.06. The highest BCUT2D eigenvalue weighted by Gasteiger charge is 2.16. The first-order valence-electron chi connectivity index (χ1n) is 6.06. The standard InChI is InChI=1S/C14H22N2O2/c1-10-6-7-12(8-11(10)9-15-5)16-13(17)18-14(2,3)4/h6-8,15H,9H2,1-5H3,(H,16,17). The predicted molar refractivity (Wildman–Crippen MR) is 73.8 cm³/mol. The number of ether oxygens (including phenoxy) is 1. The van der Waals surface area contributed by atoms with Crippen LogP contribution in [0.5, 0.6) is 0 Å². The number of rotatable bonds is 3. The highest BCUT2D eigenvalue weighted by molar-refractivity contribution is 5.85. The van der Waals surface area contributed by atoms with Gasteiger partial charge in [-0.2, -0.15) is 0 Å². The number of aryl methyl sites for hydroxylation is 1. The first-order chi connectivity index (χ1) is 8.31. The number of amides is 1. The van der Waals surface area contributed by atoms with E-state index in [1.54, 1.807) is 0 Å². The molecule has 0 aliphatic rings. The summed E-state index contributed by atoms with van der Waals surface area (Å²) in [5.41, 5.74) is 2.62. The lowest BCUT2D eigenvalue weighted by Gasteiger charge is -2.20. The summed E-state index contributed by atoms with van der Waals surface area (Å²) >= 11 is 0. The van der Waals surface area contributed by atoms with Crippen LogP contribution in [0.15, 0.2) is 18.2 Å². The molecule has 0 aliphatic heterocycles. The third kappa shape index (κ3) is 4.75. The van der Waals surface area contributed by atoms with Crippen LogP contribution in [0, 0.1) is 6.92 Å². The third-order valence-electron chi connectivity index (χ3n) is 2.36. The molecule has 0 spiro atoms. The van der Waals surface area contributed by atoms with Crippen molar-refractivity contribution >= 4 is 11.8 Å². The van der Waals surface area contributed by atoms with E-state index >= 15 is 0 Å². The Morgan fingerprint density at radius 1 is 1.33 bits per heavy atom. The van der Waals surface area contributed by atoms with Gasteiger partial charge >= 0.3 is 6.09 Å². The Balaban J connectivity index is 2.73. The van der Waals surface area contributed by atoms with Gasteiger partial charge in [-0.05, 0) is 58.0 Å². The lowest BCUT2D eigenvalue weighted by molar-refractivity contribution is 0.0636. The van der Waals surface area contributed by atoms with E-state index in [4.69, 9.17) is 4.74 Å². The van der Waals surface area contributed by atoms with E-state index < -0.39 is 11.7 Å². The van der Waals surface area contributed by atoms with Crippen LogP contribution in [0.4, 0.5) is 10.5 Å². The molecule has 0 aromatic heterocycles. The molecule has 0 heterocycles. The second kappa shape index (κ2) is 5.87. The normalized spacial score (nSPS) is 11.2. The maximum absolute atomic E-state index is 11.6. The van der Waals surface area contributed by atoms with Crippen LogP contribution in [0.2, 0.25) is 0 Å². The Bertz CT molecular complexity index is 422. The van der Waals surface area contributed by atoms with E-state index in [-0.39, 0.29) is 0 Å². The van der Waals surface area contributed by atoms with Crippen LogP contribution < -0.4 is 10.6 Å². The highest BCUT2D eigenvalue weighted by Crippen LogP contribution is 2.16. The monoisotopic (exact) mass is 250 g/mol. The van der Waals surface area contributed by atoms with Crippen molar-refractivity contribution in [2.24, 2.45) is 0 Å². The number of hydrogen-bond acceptors (Lipinski definition) is 3. The van der Waals surface area contributed by atoms with Crippen LogP contribution in [0.3, 0.4) is 0 Å². The molecule has 4 nitrogen and oxygen atoms in total. The summed E-state index contributed by atoms with van der Waals surface area (Å²) in [5.74, 6) is 0. The highest BCUT2D eigenvalue weighted by atomic mass is 16.6. The molecular weight excluding hydrogens is 228 g/mol. The van der Waals surface area contributed by atoms with Gasteiger partial charge in [0.05, 0.1) is 0 Å². The summed E-state index contributed by atoms with van der Waals surface area (Å²) in [6.45, 7) is 8.34. The van der Waals surface area contributed by atoms with Crippen LogP contribution in [0.1, 0.15) is 31.9 Å². The van der Waals surface area contributed by atoms with Crippen molar-refractivity contribution in [1.82, 2.24) is 5.32 Å². The number of carbonyl (C=O) groups is 1. The molecule has 0 saturated heterocycles. The maximum atomic E-state index is 11.6. The molecule has 18 heavy (non-hydrogen) atoms. The third-order valence-corrected chi connectivity index (χ3v) is 2.36. The van der Waals surface area contributed by atoms with Gasteiger partial charge in [-0.15, -0.1) is 0 Å². The summed E-state index contributed by atoms with van der Waals surface area (Å²) in [7, 11) is 1.90. The minimum Gasteiger partial charge on any atom is -0.444 e. The zero-order valence-corrected chi connectivity index (χ0v) is 11.8. The van der Waals surface area contributed by atoms with Crippen molar-refractivity contribution in [1.29, 1.82) is 0 Å². The molecule has 100 valence electrons. The van der Waals surface area contributed by atoms with Gasteiger partial charge in [0.2, 0.25) is 0 Å². The zero-order chi connectivity index (χ0) is 13.8. The molecule has 1 rings (SSSR count). The van der Waals surface area contributed by atoms with E-state index in [0.29, 0.717) is 0 Å². The van der Waals surface area contributed by atoms with Crippen molar-refractivity contribution in [3.05, 3.63) is 29.3 Å². The van der Waals surface area contributed by atoms with Gasteiger partial charge in [0.25, 0.3) is 0 Å². The van der Waals surface area contributed by atoms with Gasteiger partial charge in [0, 0.05) is 12.2 Å². The molecule has 0 saturated carbocycles. The summed E-state index contributed by atoms with van der Waals surface area (Å²) in [6, 6.07) is 5.81. The Labute approximate surface area is 109 Å². The van der Waals surface area contributed by atoms with Gasteiger partial charge in [0.15, 0.2) is 0 Å². The number of carbonyl (C=O) groups excluding carboxylic acids is 1. The van der Waals surface area contributed by atoms with Crippen molar-refractivity contribution in [3.8, 4) is 0 Å². The molecule has 1 amide bonds.